The van der Waals surface area contributed by atoms with E-state index in [0.717, 1.165) is 0 Å². The Balaban J connectivity index is -0.0000000150. The molecule has 0 atom stereocenters. The molecule has 2 N–H and O–H groups in total. The largest absolute Gasteiger partial charge is 1.00 e. The van der Waals surface area contributed by atoms with Crippen LogP contribution in [-0.4, -0.2) is 5.09 Å². The molecule has 0 saturated carbocycles. The molecule has 0 fully saturated rings. The summed E-state index contributed by atoms with van der Waals surface area (Å²) in [5.41, 5.74) is 0. The molecule has 0 heterocycles. The Kier molecular flexibility index (Phi) is 51.7. The molecule has 0 amide bonds. The topological polar surface area (TPSA) is 99.7 Å². The van der Waals surface area contributed by atoms with Crippen molar-refractivity contribution >= 4 is 0 Å². The van der Waals surface area contributed by atoms with E-state index in [1.54, 1.807) is 0 Å². The predicted octanol–water partition coefficient (Wildman–Crippen LogP) is -5.51. The number of rotatable bonds is 0. The first-order valence-electron chi connectivity index (χ1n) is 0.548. The smallest absolute Gasteiger partial charge is 0.693 e. The Morgan fingerprint density at radius 3 is 1.14 bits per heavy atom. The van der Waals surface area contributed by atoms with E-state index in [-0.39, 0.29) is 144 Å². The van der Waals surface area contributed by atoms with Gasteiger partial charge >= 0.3 is 138 Å². The summed E-state index contributed by atoms with van der Waals surface area (Å²) in [6.07, 6.45) is 0. The SMILES string of the molecule is O=[N+]([O-])[O-].[Cs+].[Cs+].[NH2-]. The summed E-state index contributed by atoms with van der Waals surface area (Å²) in [6, 6.07) is 0. The van der Waals surface area contributed by atoms with E-state index >= 15 is 0 Å². The second-order valence-electron chi connectivity index (χ2n) is 0.224. The van der Waals surface area contributed by atoms with Gasteiger partial charge in [0.2, 0.25) is 0 Å². The average molecular weight is 344 g/mol. The van der Waals surface area contributed by atoms with Crippen LogP contribution in [0.15, 0.2) is 0 Å². The maximum absolute atomic E-state index is 8.25. The van der Waals surface area contributed by atoms with E-state index < -0.39 is 5.09 Å². The molecule has 0 aliphatic heterocycles. The monoisotopic (exact) mass is 344 g/mol. The minimum atomic E-state index is -1.75. The molecule has 32 valence electrons. The van der Waals surface area contributed by atoms with Crippen molar-refractivity contribution in [3.05, 3.63) is 21.5 Å². The van der Waals surface area contributed by atoms with Gasteiger partial charge in [-0.3, -0.25) is 0 Å². The van der Waals surface area contributed by atoms with Gasteiger partial charge in [0, 0.05) is 0 Å². The summed E-state index contributed by atoms with van der Waals surface area (Å²) in [7, 11) is 0. The molecule has 0 aromatic carbocycles. The molecule has 5 nitrogen and oxygen atoms in total. The summed E-state index contributed by atoms with van der Waals surface area (Å²) >= 11 is 0. The zero-order chi connectivity index (χ0) is 3.58. The van der Waals surface area contributed by atoms with Crippen molar-refractivity contribution in [2.24, 2.45) is 0 Å². The molecule has 0 aliphatic rings. The van der Waals surface area contributed by atoms with E-state index in [0.29, 0.717) is 0 Å². The standard InChI is InChI=1S/2Cs.NO3.H2N/c;;2-1(3)4;/h;;;1H2/q2*+1;2*-1. The molecule has 0 aromatic rings. The molecule has 0 aliphatic carbocycles. The summed E-state index contributed by atoms with van der Waals surface area (Å²) in [6.45, 7) is 0. The van der Waals surface area contributed by atoms with E-state index in [9.17, 15) is 0 Å². The van der Waals surface area contributed by atoms with Crippen molar-refractivity contribution in [1.82, 2.24) is 0 Å². The van der Waals surface area contributed by atoms with Crippen molar-refractivity contribution < 1.29 is 143 Å². The third-order valence-corrected chi connectivity index (χ3v) is 0. The number of hydrogen-bond donors (Lipinski definition) is 0. The van der Waals surface area contributed by atoms with Crippen molar-refractivity contribution in [3.8, 4) is 0 Å². The molecule has 0 unspecified atom stereocenters. The van der Waals surface area contributed by atoms with Crippen LogP contribution in [0.5, 0.6) is 0 Å². The molecule has 0 radical (unpaired) electrons. The summed E-state index contributed by atoms with van der Waals surface area (Å²) < 4.78 is 0. The normalized spacial score (nSPS) is 3.43. The van der Waals surface area contributed by atoms with Crippen molar-refractivity contribution in [3.63, 3.8) is 0 Å². The van der Waals surface area contributed by atoms with Gasteiger partial charge < -0.3 is 21.5 Å². The quantitative estimate of drug-likeness (QED) is 0.324. The molecule has 0 rings (SSSR count). The first kappa shape index (κ1) is 22.4. The van der Waals surface area contributed by atoms with Crippen LogP contribution in [0, 0.1) is 15.3 Å². The molecule has 0 aromatic heterocycles. The maximum Gasteiger partial charge on any atom is 1.00 e. The van der Waals surface area contributed by atoms with Gasteiger partial charge in [-0.1, -0.05) is 0 Å². The van der Waals surface area contributed by atoms with Crippen LogP contribution in [-0.2, 0) is 0 Å². The van der Waals surface area contributed by atoms with Gasteiger partial charge in [-0.2, -0.15) is 0 Å². The molecular weight excluding hydrogens is 342 g/mol. The van der Waals surface area contributed by atoms with Crippen LogP contribution in [0.2, 0.25) is 0 Å². The second kappa shape index (κ2) is 16.1. The Hall–Kier alpha value is 3.26. The second-order valence-corrected chi connectivity index (χ2v) is 0.224. The minimum absolute atomic E-state index is 0. The Labute approximate surface area is 159 Å². The zero-order valence-electron chi connectivity index (χ0n) is 4.25. The fraction of sp³-hybridized carbons (Fsp3) is 0. The number of hydrogen-bond acceptors (Lipinski definition) is 3. The Bertz CT molecular complexity index is 33.9. The van der Waals surface area contributed by atoms with Crippen LogP contribution >= 0.6 is 0 Å². The first-order chi connectivity index (χ1) is 1.73. The fourth-order valence-corrected chi connectivity index (χ4v) is 0. The van der Waals surface area contributed by atoms with Crippen molar-refractivity contribution in [2.45, 2.75) is 0 Å². The third-order valence-electron chi connectivity index (χ3n) is 0. The van der Waals surface area contributed by atoms with E-state index in [4.69, 9.17) is 15.3 Å². The maximum atomic E-state index is 8.25. The molecule has 0 saturated heterocycles. The summed E-state index contributed by atoms with van der Waals surface area (Å²) in [5.74, 6) is 0. The van der Waals surface area contributed by atoms with Gasteiger partial charge in [-0.15, -0.1) is 0 Å². The van der Waals surface area contributed by atoms with Gasteiger partial charge in [-0.25, -0.2) is 0 Å². The van der Waals surface area contributed by atoms with Gasteiger partial charge in [0.15, 0.2) is 0 Å². The molecule has 7 heteroatoms. The Morgan fingerprint density at radius 1 is 1.14 bits per heavy atom. The van der Waals surface area contributed by atoms with Crippen LogP contribution in [0.3, 0.4) is 0 Å². The van der Waals surface area contributed by atoms with Gasteiger partial charge in [0.25, 0.3) is 0 Å². The van der Waals surface area contributed by atoms with Gasteiger partial charge in [0.1, 0.15) is 0 Å². The molecular formula is H2Cs2N2O3. The fourth-order valence-electron chi connectivity index (χ4n) is 0. The minimum Gasteiger partial charge on any atom is -0.693 e. The summed E-state index contributed by atoms with van der Waals surface area (Å²) in [4.78, 5) is 8.25. The zero-order valence-corrected chi connectivity index (χ0v) is 16.8. The number of nitrogens with two attached hydrogens (primary N) is 1. The molecule has 7 heavy (non-hydrogen) atoms. The van der Waals surface area contributed by atoms with E-state index in [1.807, 2.05) is 0 Å². The number of nitrogens with zero attached hydrogens (tertiary/aromatic N) is 1. The van der Waals surface area contributed by atoms with Crippen molar-refractivity contribution in [2.75, 3.05) is 0 Å². The van der Waals surface area contributed by atoms with Crippen molar-refractivity contribution in [1.29, 1.82) is 0 Å². The molecule has 0 bridgehead atoms. The van der Waals surface area contributed by atoms with Gasteiger partial charge in [-0.05, 0) is 0 Å². The van der Waals surface area contributed by atoms with Crippen LogP contribution in [0.1, 0.15) is 0 Å². The van der Waals surface area contributed by atoms with Gasteiger partial charge in [0.05, 0.1) is 5.09 Å². The van der Waals surface area contributed by atoms with E-state index in [2.05, 4.69) is 0 Å². The van der Waals surface area contributed by atoms with Crippen LogP contribution in [0.25, 0.3) is 6.15 Å². The predicted molar refractivity (Wildman–Crippen MR) is 15.6 cm³/mol. The van der Waals surface area contributed by atoms with Crippen LogP contribution < -0.4 is 138 Å². The third kappa shape index (κ3) is 45.9. The first-order valence-corrected chi connectivity index (χ1v) is 0.548. The summed E-state index contributed by atoms with van der Waals surface area (Å²) in [5, 5.41) is 14.8. The van der Waals surface area contributed by atoms with Crippen LogP contribution in [0.4, 0.5) is 0 Å². The molecule has 0 spiro atoms. The Morgan fingerprint density at radius 2 is 1.14 bits per heavy atom. The van der Waals surface area contributed by atoms with E-state index in [1.165, 1.54) is 0 Å². The average Bonchev–Trinajstić information content (AvgIpc) is 0.811.